The molecule has 0 atom stereocenters. The van der Waals surface area contributed by atoms with Gasteiger partial charge in [-0.1, -0.05) is 155 Å². The zero-order valence-corrected chi connectivity index (χ0v) is 25.5. The molecule has 0 aromatic heterocycles. The van der Waals surface area contributed by atoms with Crippen molar-refractivity contribution in [1.82, 2.24) is 0 Å². The fourth-order valence-electron chi connectivity index (χ4n) is 4.88. The first kappa shape index (κ1) is 35.4. The minimum atomic E-state index is -2.45. The second-order valence-corrected chi connectivity index (χ2v) is 12.5. The van der Waals surface area contributed by atoms with Gasteiger partial charge in [-0.15, -0.1) is 0 Å². The lowest BCUT2D eigenvalue weighted by Crippen LogP contribution is -2.16. The highest BCUT2D eigenvalue weighted by Gasteiger charge is 2.13. The minimum Gasteiger partial charge on any atom is -0.184 e. The van der Waals surface area contributed by atoms with Crippen LogP contribution < -0.4 is 0 Å². The summed E-state index contributed by atoms with van der Waals surface area (Å²) < 4.78 is 46.9. The molecule has 0 N–H and O–H groups in total. The monoisotopic (exact) mass is 546 g/mol. The lowest BCUT2D eigenvalue weighted by Gasteiger charge is -2.06. The Kier molecular flexibility index (Phi) is 26.9. The number of unbranched alkanes of at least 4 members (excludes halogenated alkanes) is 22. The van der Waals surface area contributed by atoms with Crippen molar-refractivity contribution in [3.05, 3.63) is 0 Å². The Morgan fingerprint density at radius 3 is 0.722 bits per heavy atom. The average Bonchev–Trinajstić information content (AvgIpc) is 2.85. The molecule has 0 amide bonds. The van der Waals surface area contributed by atoms with Crippen LogP contribution in [0.5, 0.6) is 0 Å². The third-order valence-electron chi connectivity index (χ3n) is 7.23. The molecule has 214 valence electrons. The SMILES string of the molecule is CCCCCCCCCCCCCCCCCCC(C(CCCCCCCCCC)=S(=O)=O)=S(=O)=O. The molecule has 0 aromatic carbocycles. The van der Waals surface area contributed by atoms with Crippen LogP contribution in [0.2, 0.25) is 0 Å². The first-order valence-corrected chi connectivity index (χ1v) is 17.6. The van der Waals surface area contributed by atoms with E-state index in [0.29, 0.717) is 12.8 Å². The molecule has 0 rings (SSSR count). The van der Waals surface area contributed by atoms with Gasteiger partial charge >= 0.3 is 0 Å². The third-order valence-corrected chi connectivity index (χ3v) is 9.06. The predicted molar refractivity (Wildman–Crippen MR) is 159 cm³/mol. The van der Waals surface area contributed by atoms with Crippen LogP contribution in [-0.2, 0) is 20.6 Å². The summed E-state index contributed by atoms with van der Waals surface area (Å²) in [6.07, 6.45) is 30.0. The smallest absolute Gasteiger partial charge is 0.184 e. The van der Waals surface area contributed by atoms with E-state index in [1.54, 1.807) is 0 Å². The van der Waals surface area contributed by atoms with E-state index in [9.17, 15) is 16.8 Å². The summed E-state index contributed by atoms with van der Waals surface area (Å²) in [5, 5.41) is 0. The number of rotatable bonds is 27. The highest BCUT2D eigenvalue weighted by molar-refractivity contribution is 7.82. The molecular weight excluding hydrogens is 488 g/mol. The minimum absolute atomic E-state index is 0.121. The summed E-state index contributed by atoms with van der Waals surface area (Å²) in [5.74, 6) is 0. The maximum absolute atomic E-state index is 11.7. The Morgan fingerprint density at radius 1 is 0.333 bits per heavy atom. The van der Waals surface area contributed by atoms with Crippen LogP contribution in [-0.4, -0.2) is 26.6 Å². The third kappa shape index (κ3) is 22.6. The van der Waals surface area contributed by atoms with Gasteiger partial charge in [0.15, 0.2) is 0 Å². The van der Waals surface area contributed by atoms with Crippen LogP contribution in [0.3, 0.4) is 0 Å². The first-order chi connectivity index (χ1) is 17.5. The van der Waals surface area contributed by atoms with Gasteiger partial charge < -0.3 is 0 Å². The van der Waals surface area contributed by atoms with E-state index in [1.807, 2.05) is 0 Å². The summed E-state index contributed by atoms with van der Waals surface area (Å²) >= 11 is 0. The van der Waals surface area contributed by atoms with Crippen molar-refractivity contribution >= 4 is 30.3 Å². The zero-order chi connectivity index (χ0) is 26.7. The maximum atomic E-state index is 11.7. The average molecular weight is 547 g/mol. The molecule has 0 aliphatic heterocycles. The molecule has 0 saturated heterocycles. The molecule has 36 heavy (non-hydrogen) atoms. The van der Waals surface area contributed by atoms with Crippen molar-refractivity contribution in [3.8, 4) is 0 Å². The summed E-state index contributed by atoms with van der Waals surface area (Å²) in [5.41, 5.74) is 0. The number of hydrogen-bond donors (Lipinski definition) is 0. The Morgan fingerprint density at radius 2 is 0.528 bits per heavy atom. The topological polar surface area (TPSA) is 68.3 Å². The fraction of sp³-hybridized carbons (Fsp3) is 0.933. The van der Waals surface area contributed by atoms with Crippen molar-refractivity contribution in [1.29, 1.82) is 0 Å². The van der Waals surface area contributed by atoms with Crippen molar-refractivity contribution < 1.29 is 16.8 Å². The zero-order valence-electron chi connectivity index (χ0n) is 23.8. The van der Waals surface area contributed by atoms with Gasteiger partial charge in [-0.25, -0.2) is 0 Å². The summed E-state index contributed by atoms with van der Waals surface area (Å²) in [6, 6.07) is 0. The van der Waals surface area contributed by atoms with Crippen LogP contribution in [0.4, 0.5) is 0 Å². The van der Waals surface area contributed by atoms with Gasteiger partial charge in [0.2, 0.25) is 20.6 Å². The van der Waals surface area contributed by atoms with Crippen LogP contribution in [0.25, 0.3) is 0 Å². The fourth-order valence-corrected chi connectivity index (χ4v) is 6.49. The molecule has 0 saturated carbocycles. The largest absolute Gasteiger partial charge is 0.218 e. The van der Waals surface area contributed by atoms with Gasteiger partial charge in [-0.2, -0.15) is 16.8 Å². The summed E-state index contributed by atoms with van der Waals surface area (Å²) in [7, 11) is -4.90. The molecule has 0 bridgehead atoms. The van der Waals surface area contributed by atoms with Crippen molar-refractivity contribution in [2.45, 2.75) is 181 Å². The predicted octanol–water partition coefficient (Wildman–Crippen LogP) is 9.27. The maximum Gasteiger partial charge on any atom is 0.218 e. The Labute approximate surface area is 227 Å². The molecule has 0 aromatic rings. The molecule has 0 aliphatic carbocycles. The molecular formula is C30H58O4S2. The van der Waals surface area contributed by atoms with Gasteiger partial charge in [-0.3, -0.25) is 0 Å². The van der Waals surface area contributed by atoms with E-state index in [2.05, 4.69) is 13.8 Å². The van der Waals surface area contributed by atoms with Gasteiger partial charge in [0.05, 0.1) is 9.73 Å². The Hall–Kier alpha value is -0.620. The van der Waals surface area contributed by atoms with Crippen LogP contribution in [0.15, 0.2) is 0 Å². The lowest BCUT2D eigenvalue weighted by molar-refractivity contribution is 0.530. The van der Waals surface area contributed by atoms with Gasteiger partial charge in [-0.05, 0) is 25.7 Å². The second-order valence-electron chi connectivity index (χ2n) is 10.6. The van der Waals surface area contributed by atoms with E-state index in [1.165, 1.54) is 116 Å². The van der Waals surface area contributed by atoms with E-state index in [0.717, 1.165) is 38.5 Å². The van der Waals surface area contributed by atoms with Gasteiger partial charge in [0.25, 0.3) is 0 Å². The second kappa shape index (κ2) is 27.4. The molecule has 0 spiro atoms. The van der Waals surface area contributed by atoms with E-state index in [-0.39, 0.29) is 9.73 Å². The summed E-state index contributed by atoms with van der Waals surface area (Å²) in [4.78, 5) is 0.243. The normalized spacial score (nSPS) is 11.1. The molecule has 4 nitrogen and oxygen atoms in total. The highest BCUT2D eigenvalue weighted by Crippen LogP contribution is 2.15. The van der Waals surface area contributed by atoms with E-state index >= 15 is 0 Å². The lowest BCUT2D eigenvalue weighted by atomic mass is 10.0. The van der Waals surface area contributed by atoms with Crippen LogP contribution in [0.1, 0.15) is 181 Å². The Bertz CT molecular complexity index is 751. The quantitative estimate of drug-likeness (QED) is 0.0760. The first-order valence-electron chi connectivity index (χ1n) is 15.4. The van der Waals surface area contributed by atoms with Crippen molar-refractivity contribution in [2.75, 3.05) is 0 Å². The van der Waals surface area contributed by atoms with Gasteiger partial charge in [0, 0.05) is 0 Å². The number of hydrogen-bond acceptors (Lipinski definition) is 4. The van der Waals surface area contributed by atoms with Gasteiger partial charge in [0.1, 0.15) is 0 Å². The van der Waals surface area contributed by atoms with Crippen molar-refractivity contribution in [3.63, 3.8) is 0 Å². The van der Waals surface area contributed by atoms with E-state index < -0.39 is 20.6 Å². The molecule has 6 heteroatoms. The highest BCUT2D eigenvalue weighted by atomic mass is 32.2. The molecule has 0 heterocycles. The summed E-state index contributed by atoms with van der Waals surface area (Å²) in [6.45, 7) is 4.47. The van der Waals surface area contributed by atoms with E-state index in [4.69, 9.17) is 0 Å². The Balaban J connectivity index is 3.89. The molecule has 0 unspecified atom stereocenters. The molecule has 0 fully saturated rings. The van der Waals surface area contributed by atoms with Crippen LogP contribution >= 0.6 is 0 Å². The van der Waals surface area contributed by atoms with Crippen molar-refractivity contribution in [2.24, 2.45) is 0 Å². The molecule has 0 aliphatic rings. The standard InChI is InChI=1S/C30H58O4S2/c1-3-5-7-9-11-13-14-15-16-17-18-19-20-22-24-26-28-30(36(33)34)29(35(31)32)27-25-23-21-12-10-8-6-4-2/h3-28H2,1-2H3. The molecule has 0 radical (unpaired) electrons. The van der Waals surface area contributed by atoms with Crippen LogP contribution in [0, 0.1) is 0 Å².